The molecule has 8 nitrogen and oxygen atoms in total. The number of rotatable bonds is 4. The summed E-state index contributed by atoms with van der Waals surface area (Å²) in [5.74, 6) is -0.0970. The zero-order valence-electron chi connectivity index (χ0n) is 18.8. The lowest BCUT2D eigenvalue weighted by Crippen LogP contribution is -2.54. The summed E-state index contributed by atoms with van der Waals surface area (Å²) in [6, 6.07) is 10.7. The highest BCUT2D eigenvalue weighted by Gasteiger charge is 2.42. The minimum absolute atomic E-state index is 0.0970. The van der Waals surface area contributed by atoms with Crippen molar-refractivity contribution in [3.05, 3.63) is 47.5 Å². The van der Waals surface area contributed by atoms with Gasteiger partial charge in [-0.25, -0.2) is 8.42 Å². The molecule has 2 aliphatic heterocycles. The highest BCUT2D eigenvalue weighted by atomic mass is 32.2. The highest BCUT2D eigenvalue weighted by Crippen LogP contribution is 2.31. The molecule has 0 radical (unpaired) electrons. The van der Waals surface area contributed by atoms with E-state index in [0.717, 1.165) is 24.8 Å². The van der Waals surface area contributed by atoms with Crippen LogP contribution in [-0.2, 0) is 14.8 Å². The summed E-state index contributed by atoms with van der Waals surface area (Å²) >= 11 is 0.993. The SMILES string of the molecule is Cc1ccc(C)c(N2CCN(C(=O)[C@H]3CCCN3S(=O)(=O)c3cccc4nsnc34)CC2)c1. The maximum absolute atomic E-state index is 13.5. The number of aromatic nitrogens is 2. The van der Waals surface area contributed by atoms with Gasteiger partial charge in [-0.15, -0.1) is 0 Å². The van der Waals surface area contributed by atoms with Crippen LogP contribution in [0.4, 0.5) is 5.69 Å². The summed E-state index contributed by atoms with van der Waals surface area (Å²) < 4.78 is 36.8. The number of aryl methyl sites for hydroxylation is 2. The Labute approximate surface area is 198 Å². The first-order chi connectivity index (χ1) is 15.9. The number of sulfonamides is 1. The first-order valence-electron chi connectivity index (χ1n) is 11.2. The van der Waals surface area contributed by atoms with Gasteiger partial charge in [-0.05, 0) is 56.0 Å². The number of anilines is 1. The van der Waals surface area contributed by atoms with Gasteiger partial charge in [-0.3, -0.25) is 4.79 Å². The Bertz CT molecular complexity index is 1300. The number of fused-ring (bicyclic) bond motifs is 1. The van der Waals surface area contributed by atoms with Crippen LogP contribution < -0.4 is 4.90 Å². The quantitative estimate of drug-likeness (QED) is 0.565. The second-order valence-corrected chi connectivity index (χ2v) is 11.2. The molecule has 33 heavy (non-hydrogen) atoms. The van der Waals surface area contributed by atoms with Crippen LogP contribution in [-0.4, -0.2) is 71.0 Å². The number of amides is 1. The van der Waals surface area contributed by atoms with Crippen molar-refractivity contribution in [1.29, 1.82) is 0 Å². The van der Waals surface area contributed by atoms with Crippen LogP contribution >= 0.6 is 11.7 Å². The molecule has 10 heteroatoms. The van der Waals surface area contributed by atoms with Gasteiger partial charge in [-0.2, -0.15) is 13.1 Å². The fraction of sp³-hybridized carbons (Fsp3) is 0.435. The first kappa shape index (κ1) is 22.2. The molecule has 0 saturated carbocycles. The minimum Gasteiger partial charge on any atom is -0.368 e. The topological polar surface area (TPSA) is 86.7 Å². The normalized spacial score (nSPS) is 20.0. The van der Waals surface area contributed by atoms with Gasteiger partial charge in [0.15, 0.2) is 0 Å². The van der Waals surface area contributed by atoms with Crippen LogP contribution in [0.25, 0.3) is 11.0 Å². The Morgan fingerprint density at radius 1 is 1.03 bits per heavy atom. The third-order valence-corrected chi connectivity index (χ3v) is 9.10. The standard InChI is InChI=1S/C23H27N5O3S2/c1-16-8-9-17(2)20(15-16)26-11-13-27(14-12-26)23(29)19-6-4-10-28(19)33(30,31)21-7-3-5-18-22(21)25-32-24-18/h3,5,7-9,15,19H,4,6,10-14H2,1-2H3/t19-/m1/s1. The molecule has 0 unspecified atom stereocenters. The van der Waals surface area contributed by atoms with Gasteiger partial charge >= 0.3 is 0 Å². The van der Waals surface area contributed by atoms with E-state index in [4.69, 9.17) is 0 Å². The summed E-state index contributed by atoms with van der Waals surface area (Å²) in [6.07, 6.45) is 1.21. The number of benzene rings is 2. The number of carbonyl (C=O) groups excluding carboxylic acids is 1. The molecule has 0 bridgehead atoms. The van der Waals surface area contributed by atoms with Crippen molar-refractivity contribution in [3.8, 4) is 0 Å². The molecule has 2 fully saturated rings. The summed E-state index contributed by atoms with van der Waals surface area (Å²) in [5, 5.41) is 0. The van der Waals surface area contributed by atoms with Gasteiger partial charge in [-0.1, -0.05) is 18.2 Å². The lowest BCUT2D eigenvalue weighted by molar-refractivity contribution is -0.134. The molecule has 0 N–H and O–H groups in total. The maximum Gasteiger partial charge on any atom is 0.246 e. The molecular weight excluding hydrogens is 458 g/mol. The van der Waals surface area contributed by atoms with Crippen LogP contribution in [0.15, 0.2) is 41.3 Å². The van der Waals surface area contributed by atoms with E-state index < -0.39 is 16.1 Å². The number of piperazine rings is 1. The lowest BCUT2D eigenvalue weighted by atomic mass is 10.1. The smallest absolute Gasteiger partial charge is 0.246 e. The minimum atomic E-state index is -3.85. The predicted octanol–water partition coefficient (Wildman–Crippen LogP) is 2.81. The average molecular weight is 486 g/mol. The lowest BCUT2D eigenvalue weighted by Gasteiger charge is -2.38. The summed E-state index contributed by atoms with van der Waals surface area (Å²) in [4.78, 5) is 17.7. The Morgan fingerprint density at radius 2 is 1.82 bits per heavy atom. The first-order valence-corrected chi connectivity index (χ1v) is 13.4. The molecule has 1 atom stereocenters. The zero-order valence-corrected chi connectivity index (χ0v) is 20.4. The Morgan fingerprint density at radius 3 is 2.61 bits per heavy atom. The average Bonchev–Trinajstić information content (AvgIpc) is 3.50. The van der Waals surface area contributed by atoms with Gasteiger partial charge in [0, 0.05) is 38.4 Å². The maximum atomic E-state index is 13.5. The largest absolute Gasteiger partial charge is 0.368 e. The summed E-state index contributed by atoms with van der Waals surface area (Å²) in [7, 11) is -3.85. The van der Waals surface area contributed by atoms with Crippen LogP contribution in [0.2, 0.25) is 0 Å². The molecular formula is C23H27N5O3S2. The second kappa shape index (κ2) is 8.66. The van der Waals surface area contributed by atoms with Crippen molar-refractivity contribution in [1.82, 2.24) is 18.0 Å². The van der Waals surface area contributed by atoms with Gasteiger partial charge in [0.2, 0.25) is 15.9 Å². The highest BCUT2D eigenvalue weighted by molar-refractivity contribution is 7.89. The summed E-state index contributed by atoms with van der Waals surface area (Å²) in [6.45, 7) is 7.17. The van der Waals surface area contributed by atoms with E-state index in [1.165, 1.54) is 21.1 Å². The zero-order chi connectivity index (χ0) is 23.2. The molecule has 5 rings (SSSR count). The Kier molecular flexibility index (Phi) is 5.84. The van der Waals surface area contributed by atoms with Crippen LogP contribution in [0.5, 0.6) is 0 Å². The number of hydrogen-bond donors (Lipinski definition) is 0. The van der Waals surface area contributed by atoms with Crippen LogP contribution in [0.3, 0.4) is 0 Å². The van der Waals surface area contributed by atoms with Gasteiger partial charge < -0.3 is 9.80 Å². The van der Waals surface area contributed by atoms with Crippen LogP contribution in [0, 0.1) is 13.8 Å². The van der Waals surface area contributed by atoms with Crippen molar-refractivity contribution < 1.29 is 13.2 Å². The third-order valence-electron chi connectivity index (χ3n) is 6.62. The Balaban J connectivity index is 1.33. The molecule has 0 aliphatic carbocycles. The Hall–Kier alpha value is -2.56. The van der Waals surface area contributed by atoms with Crippen molar-refractivity contribution in [2.45, 2.75) is 37.6 Å². The second-order valence-electron chi connectivity index (χ2n) is 8.76. The van der Waals surface area contributed by atoms with Crippen molar-refractivity contribution in [2.24, 2.45) is 0 Å². The van der Waals surface area contributed by atoms with E-state index in [0.29, 0.717) is 43.5 Å². The molecule has 2 aromatic carbocycles. The monoisotopic (exact) mass is 485 g/mol. The number of carbonyl (C=O) groups is 1. The molecule has 1 aromatic heterocycles. The molecule has 174 valence electrons. The molecule has 3 aromatic rings. The van der Waals surface area contributed by atoms with Crippen molar-refractivity contribution in [3.63, 3.8) is 0 Å². The predicted molar refractivity (Wildman–Crippen MR) is 129 cm³/mol. The molecule has 2 aliphatic rings. The van der Waals surface area contributed by atoms with E-state index in [1.807, 2.05) is 4.90 Å². The third kappa shape index (κ3) is 4.00. The van der Waals surface area contributed by atoms with Gasteiger partial charge in [0.1, 0.15) is 22.0 Å². The van der Waals surface area contributed by atoms with E-state index in [-0.39, 0.29) is 10.8 Å². The molecule has 3 heterocycles. The fourth-order valence-electron chi connectivity index (χ4n) is 4.83. The van der Waals surface area contributed by atoms with E-state index >= 15 is 0 Å². The molecule has 2 saturated heterocycles. The van der Waals surface area contributed by atoms with Gasteiger partial charge in [0.05, 0.1) is 11.7 Å². The summed E-state index contributed by atoms with van der Waals surface area (Å²) in [5.41, 5.74) is 4.58. The fourth-order valence-corrected chi connectivity index (χ4v) is 7.23. The number of hydrogen-bond acceptors (Lipinski definition) is 7. The van der Waals surface area contributed by atoms with Crippen molar-refractivity contribution >= 4 is 44.4 Å². The van der Waals surface area contributed by atoms with E-state index in [1.54, 1.807) is 18.2 Å². The van der Waals surface area contributed by atoms with E-state index in [2.05, 4.69) is 45.7 Å². The van der Waals surface area contributed by atoms with E-state index in [9.17, 15) is 13.2 Å². The molecule has 0 spiro atoms. The van der Waals surface area contributed by atoms with Gasteiger partial charge in [0.25, 0.3) is 0 Å². The van der Waals surface area contributed by atoms with Crippen molar-refractivity contribution in [2.75, 3.05) is 37.6 Å². The van der Waals surface area contributed by atoms with Crippen LogP contribution in [0.1, 0.15) is 24.0 Å². The molecule has 1 amide bonds. The number of nitrogens with zero attached hydrogens (tertiary/aromatic N) is 5.